The number of hydrogen-bond donors (Lipinski definition) is 2. The minimum Gasteiger partial charge on any atom is -0.439 e. The molecule has 0 spiro atoms. The van der Waals surface area contributed by atoms with Gasteiger partial charge < -0.3 is 14.6 Å². The Morgan fingerprint density at radius 2 is 2.16 bits per heavy atom. The molecule has 4 aromatic rings. The zero-order valence-corrected chi connectivity index (χ0v) is 17.4. The molecule has 3 aromatic heterocycles. The van der Waals surface area contributed by atoms with Crippen molar-refractivity contribution < 1.29 is 14.1 Å². The first-order valence-electron chi connectivity index (χ1n) is 10.8. The van der Waals surface area contributed by atoms with Gasteiger partial charge in [0.05, 0.1) is 11.2 Å². The van der Waals surface area contributed by atoms with Crippen molar-refractivity contribution in [3.05, 3.63) is 59.9 Å². The van der Waals surface area contributed by atoms with Gasteiger partial charge in [0, 0.05) is 35.7 Å². The molecule has 4 heterocycles. The van der Waals surface area contributed by atoms with E-state index >= 15 is 0 Å². The summed E-state index contributed by atoms with van der Waals surface area (Å²) in [5.41, 5.74) is 2.80. The second-order valence-corrected chi connectivity index (χ2v) is 8.21. The number of hydrogen-bond acceptors (Lipinski definition) is 7. The Balaban J connectivity index is 1.22. The van der Waals surface area contributed by atoms with Gasteiger partial charge in [0.1, 0.15) is 17.8 Å². The Morgan fingerprint density at radius 1 is 1.22 bits per heavy atom. The predicted octanol–water partition coefficient (Wildman–Crippen LogP) is 4.21. The molecule has 1 aliphatic heterocycles. The van der Waals surface area contributed by atoms with Crippen molar-refractivity contribution in [3.63, 3.8) is 0 Å². The fourth-order valence-corrected chi connectivity index (χ4v) is 4.07. The number of rotatable bonds is 4. The first-order chi connectivity index (χ1) is 15.7. The topological polar surface area (TPSA) is 107 Å². The number of benzene rings is 1. The molecule has 0 unspecified atom stereocenters. The lowest BCUT2D eigenvalue weighted by molar-refractivity contribution is 0.254. The van der Waals surface area contributed by atoms with Gasteiger partial charge >= 0.3 is 6.03 Å². The van der Waals surface area contributed by atoms with Gasteiger partial charge in [-0.25, -0.2) is 14.8 Å². The molecule has 32 heavy (non-hydrogen) atoms. The Hall–Kier alpha value is -3.72. The molecular weight excluding hydrogens is 408 g/mol. The van der Waals surface area contributed by atoms with Crippen molar-refractivity contribution in [2.24, 2.45) is 0 Å². The van der Waals surface area contributed by atoms with Gasteiger partial charge in [0.25, 0.3) is 0 Å². The molecule has 0 atom stereocenters. The molecule has 6 rings (SSSR count). The van der Waals surface area contributed by atoms with E-state index < -0.39 is 0 Å². The summed E-state index contributed by atoms with van der Waals surface area (Å²) in [5.74, 6) is 2.96. The number of amides is 1. The molecule has 0 bridgehead atoms. The van der Waals surface area contributed by atoms with E-state index in [2.05, 4.69) is 25.8 Å². The van der Waals surface area contributed by atoms with Crippen LogP contribution in [0.3, 0.4) is 0 Å². The number of anilines is 1. The largest absolute Gasteiger partial charge is 0.439 e. The third-order valence-corrected chi connectivity index (χ3v) is 5.91. The summed E-state index contributed by atoms with van der Waals surface area (Å²) in [6.45, 7) is 1.67. The van der Waals surface area contributed by atoms with Gasteiger partial charge in [-0.1, -0.05) is 5.16 Å². The maximum atomic E-state index is 12.8. The average Bonchev–Trinajstić information content (AvgIpc) is 3.48. The normalized spacial score (nSPS) is 15.9. The van der Waals surface area contributed by atoms with E-state index in [1.807, 2.05) is 24.3 Å². The maximum Gasteiger partial charge on any atom is 0.331 e. The molecule has 2 N–H and O–H groups in total. The van der Waals surface area contributed by atoms with Crippen LogP contribution >= 0.6 is 0 Å². The second-order valence-electron chi connectivity index (χ2n) is 8.21. The number of nitrogens with one attached hydrogen (secondary N) is 2. The summed E-state index contributed by atoms with van der Waals surface area (Å²) in [6.07, 6.45) is 7.39. The summed E-state index contributed by atoms with van der Waals surface area (Å²) < 4.78 is 13.0. The maximum absolute atomic E-state index is 12.8. The van der Waals surface area contributed by atoms with Gasteiger partial charge in [-0.3, -0.25) is 9.88 Å². The van der Waals surface area contributed by atoms with Gasteiger partial charge in [-0.05, 0) is 56.5 Å². The Kier molecular flexibility index (Phi) is 4.61. The van der Waals surface area contributed by atoms with Gasteiger partial charge in [0.2, 0.25) is 5.88 Å². The molecule has 1 amide bonds. The van der Waals surface area contributed by atoms with E-state index in [4.69, 9.17) is 9.26 Å². The molecule has 0 saturated heterocycles. The zero-order chi connectivity index (χ0) is 21.5. The van der Waals surface area contributed by atoms with E-state index in [1.54, 1.807) is 23.2 Å². The SMILES string of the molecule is O=C(Nc1cc(C2CC2)on1)n1ccc2cc(Oc3ncnc4c3CCCNC4)ccc21. The van der Waals surface area contributed by atoms with Gasteiger partial charge in [0.15, 0.2) is 5.82 Å². The lowest BCUT2D eigenvalue weighted by atomic mass is 10.1. The fourth-order valence-electron chi connectivity index (χ4n) is 4.07. The monoisotopic (exact) mass is 430 g/mol. The standard InChI is InChI=1S/C23H22N6O3/c30-23(27-21-11-20(32-28-21)14-3-4-14)29-9-7-15-10-16(5-6-19(15)29)31-22-17-2-1-8-24-12-18(17)25-13-26-22/h5-7,9-11,13-14,24H,1-4,8,12H2,(H,27,28,30). The molecule has 1 saturated carbocycles. The van der Waals surface area contributed by atoms with Crippen molar-refractivity contribution in [1.29, 1.82) is 0 Å². The van der Waals surface area contributed by atoms with E-state index in [9.17, 15) is 4.79 Å². The molecule has 162 valence electrons. The Labute approximate surface area is 183 Å². The summed E-state index contributed by atoms with van der Waals surface area (Å²) in [6, 6.07) is 9.00. The molecular formula is C23H22N6O3. The van der Waals surface area contributed by atoms with Gasteiger partial charge in [-0.2, -0.15) is 0 Å². The van der Waals surface area contributed by atoms with E-state index in [0.717, 1.165) is 66.7 Å². The first kappa shape index (κ1) is 19.0. The summed E-state index contributed by atoms with van der Waals surface area (Å²) >= 11 is 0. The quantitative estimate of drug-likeness (QED) is 0.499. The van der Waals surface area contributed by atoms with Crippen molar-refractivity contribution in [2.75, 3.05) is 11.9 Å². The third kappa shape index (κ3) is 3.60. The molecule has 1 fully saturated rings. The highest BCUT2D eigenvalue weighted by Gasteiger charge is 2.28. The predicted molar refractivity (Wildman–Crippen MR) is 117 cm³/mol. The lowest BCUT2D eigenvalue weighted by Gasteiger charge is -2.11. The van der Waals surface area contributed by atoms with Crippen LogP contribution in [0.25, 0.3) is 10.9 Å². The van der Waals surface area contributed by atoms with E-state index in [1.165, 1.54) is 0 Å². The van der Waals surface area contributed by atoms with Crippen LogP contribution in [0.2, 0.25) is 0 Å². The van der Waals surface area contributed by atoms with Crippen LogP contribution in [-0.4, -0.2) is 32.3 Å². The molecule has 9 nitrogen and oxygen atoms in total. The van der Waals surface area contributed by atoms with Gasteiger partial charge in [-0.15, -0.1) is 0 Å². The van der Waals surface area contributed by atoms with Crippen LogP contribution in [0.1, 0.15) is 42.2 Å². The van der Waals surface area contributed by atoms with Crippen LogP contribution in [-0.2, 0) is 13.0 Å². The van der Waals surface area contributed by atoms with Crippen LogP contribution in [0.15, 0.2) is 47.4 Å². The number of aromatic nitrogens is 4. The first-order valence-corrected chi connectivity index (χ1v) is 10.8. The highest BCUT2D eigenvalue weighted by Crippen LogP contribution is 2.40. The average molecular weight is 430 g/mol. The highest BCUT2D eigenvalue weighted by atomic mass is 16.5. The molecule has 1 aliphatic carbocycles. The number of ether oxygens (including phenoxy) is 1. The summed E-state index contributed by atoms with van der Waals surface area (Å²) in [5, 5.41) is 11.0. The second kappa shape index (κ2) is 7.76. The smallest absolute Gasteiger partial charge is 0.331 e. The van der Waals surface area contributed by atoms with Crippen molar-refractivity contribution >= 4 is 22.8 Å². The van der Waals surface area contributed by atoms with E-state index in [-0.39, 0.29) is 6.03 Å². The third-order valence-electron chi connectivity index (χ3n) is 5.91. The molecule has 0 radical (unpaired) electrons. The van der Waals surface area contributed by atoms with Crippen LogP contribution < -0.4 is 15.4 Å². The van der Waals surface area contributed by atoms with Crippen molar-refractivity contribution in [2.45, 2.75) is 38.1 Å². The fraction of sp³-hybridized carbons (Fsp3) is 0.304. The minimum atomic E-state index is -0.294. The minimum absolute atomic E-state index is 0.294. The molecule has 1 aromatic carbocycles. The van der Waals surface area contributed by atoms with Crippen molar-refractivity contribution in [3.8, 4) is 11.6 Å². The number of carbonyl (C=O) groups is 1. The van der Waals surface area contributed by atoms with Crippen LogP contribution in [0.5, 0.6) is 11.6 Å². The summed E-state index contributed by atoms with van der Waals surface area (Å²) in [4.78, 5) is 21.5. The highest BCUT2D eigenvalue weighted by molar-refractivity contribution is 5.98. The Bertz CT molecular complexity index is 1310. The number of fused-ring (bicyclic) bond motifs is 2. The summed E-state index contributed by atoms with van der Waals surface area (Å²) in [7, 11) is 0. The number of nitrogens with zero attached hydrogens (tertiary/aromatic N) is 4. The zero-order valence-electron chi connectivity index (χ0n) is 17.4. The van der Waals surface area contributed by atoms with E-state index in [0.29, 0.717) is 23.4 Å². The van der Waals surface area contributed by atoms with Crippen LogP contribution in [0.4, 0.5) is 10.6 Å². The Morgan fingerprint density at radius 3 is 3.06 bits per heavy atom. The lowest BCUT2D eigenvalue weighted by Crippen LogP contribution is -2.18. The molecule has 9 heteroatoms. The van der Waals surface area contributed by atoms with Crippen molar-refractivity contribution in [1.82, 2.24) is 25.0 Å². The molecule has 2 aliphatic rings. The van der Waals surface area contributed by atoms with Crippen LogP contribution in [0, 0.1) is 0 Å². The number of carbonyl (C=O) groups excluding carboxylic acids is 1.